The van der Waals surface area contributed by atoms with Crippen LogP contribution in [0.5, 0.6) is 5.75 Å². The van der Waals surface area contributed by atoms with Gasteiger partial charge in [0.1, 0.15) is 11.9 Å². The van der Waals surface area contributed by atoms with E-state index < -0.39 is 0 Å². The van der Waals surface area contributed by atoms with E-state index in [0.717, 1.165) is 27.5 Å². The van der Waals surface area contributed by atoms with E-state index >= 15 is 0 Å². The van der Waals surface area contributed by atoms with E-state index in [-0.39, 0.29) is 11.7 Å². The van der Waals surface area contributed by atoms with E-state index in [1.165, 1.54) is 0 Å². The molecule has 0 saturated heterocycles. The molecule has 4 heteroatoms. The summed E-state index contributed by atoms with van der Waals surface area (Å²) in [6.45, 7) is 0. The molecule has 2 aromatic rings. The normalized spacial score (nSPS) is 18.4. The number of benzene rings is 1. The summed E-state index contributed by atoms with van der Waals surface area (Å²) in [5, 5.41) is 1.73. The quantitative estimate of drug-likeness (QED) is 0.814. The number of ether oxygens (including phenoxy) is 1. The lowest BCUT2D eigenvalue weighted by Crippen LogP contribution is -2.15. The Morgan fingerprint density at radius 2 is 2.25 bits per heavy atom. The number of aromatic nitrogens is 1. The number of aromatic amines is 1. The van der Waals surface area contributed by atoms with Gasteiger partial charge in [-0.15, -0.1) is 0 Å². The number of rotatable bonds is 1. The molecule has 0 fully saturated rings. The second kappa shape index (κ2) is 3.63. The highest BCUT2D eigenvalue weighted by molar-refractivity contribution is 9.09. The molecule has 0 amide bonds. The number of fused-ring (bicyclic) bond motifs is 3. The minimum atomic E-state index is -0.0304. The molecule has 0 spiro atoms. The zero-order valence-electron chi connectivity index (χ0n) is 8.50. The van der Waals surface area contributed by atoms with Gasteiger partial charge in [0.2, 0.25) is 0 Å². The Labute approximate surface area is 101 Å². The van der Waals surface area contributed by atoms with Crippen molar-refractivity contribution >= 4 is 26.8 Å². The molecule has 82 valence electrons. The maximum absolute atomic E-state index is 11.8. The van der Waals surface area contributed by atoms with Crippen LogP contribution in [0, 0.1) is 0 Å². The zero-order chi connectivity index (χ0) is 11.1. The first-order chi connectivity index (χ1) is 7.79. The average molecular weight is 280 g/mol. The summed E-state index contributed by atoms with van der Waals surface area (Å²) in [6, 6.07) is 7.72. The van der Waals surface area contributed by atoms with Gasteiger partial charge in [0.15, 0.2) is 0 Å². The third kappa shape index (κ3) is 1.37. The van der Waals surface area contributed by atoms with Crippen molar-refractivity contribution in [3.63, 3.8) is 0 Å². The molecular weight excluding hydrogens is 270 g/mol. The molecule has 1 aliphatic rings. The van der Waals surface area contributed by atoms with Crippen LogP contribution in [-0.2, 0) is 6.42 Å². The van der Waals surface area contributed by atoms with Crippen molar-refractivity contribution in [2.45, 2.75) is 12.5 Å². The predicted molar refractivity (Wildman–Crippen MR) is 66.5 cm³/mol. The first-order valence-electron chi connectivity index (χ1n) is 5.16. The van der Waals surface area contributed by atoms with Crippen LogP contribution in [0.4, 0.5) is 0 Å². The third-order valence-electron chi connectivity index (χ3n) is 2.86. The van der Waals surface area contributed by atoms with Gasteiger partial charge in [-0.05, 0) is 12.1 Å². The molecule has 1 atom stereocenters. The van der Waals surface area contributed by atoms with Crippen molar-refractivity contribution in [3.8, 4) is 5.75 Å². The molecule has 0 aliphatic carbocycles. The second-order valence-corrected chi connectivity index (χ2v) is 4.55. The molecule has 1 aliphatic heterocycles. The first kappa shape index (κ1) is 9.90. The van der Waals surface area contributed by atoms with Crippen LogP contribution in [0.3, 0.4) is 0 Å². The minimum absolute atomic E-state index is 0.0304. The van der Waals surface area contributed by atoms with Gasteiger partial charge in [0.05, 0.1) is 11.1 Å². The summed E-state index contributed by atoms with van der Waals surface area (Å²) < 4.78 is 5.78. The minimum Gasteiger partial charge on any atom is -0.488 e. The highest BCUT2D eigenvalue weighted by Gasteiger charge is 2.26. The lowest BCUT2D eigenvalue weighted by Gasteiger charge is -2.07. The fraction of sp³-hybridized carbons (Fsp3) is 0.250. The number of halogens is 1. The molecule has 1 unspecified atom stereocenters. The maximum Gasteiger partial charge on any atom is 0.255 e. The van der Waals surface area contributed by atoms with E-state index in [0.29, 0.717) is 6.42 Å². The van der Waals surface area contributed by atoms with Crippen molar-refractivity contribution in [3.05, 3.63) is 40.2 Å². The Hall–Kier alpha value is -1.29. The van der Waals surface area contributed by atoms with E-state index in [4.69, 9.17) is 4.74 Å². The van der Waals surface area contributed by atoms with Gasteiger partial charge in [-0.25, -0.2) is 0 Å². The van der Waals surface area contributed by atoms with Crippen LogP contribution in [0.2, 0.25) is 0 Å². The third-order valence-corrected chi connectivity index (χ3v) is 3.58. The van der Waals surface area contributed by atoms with Crippen molar-refractivity contribution in [1.29, 1.82) is 0 Å². The number of pyridine rings is 1. The van der Waals surface area contributed by atoms with Crippen LogP contribution in [-0.4, -0.2) is 16.4 Å². The van der Waals surface area contributed by atoms with Gasteiger partial charge in [-0.3, -0.25) is 4.79 Å². The van der Waals surface area contributed by atoms with Gasteiger partial charge < -0.3 is 9.72 Å². The molecule has 2 heterocycles. The molecule has 1 aromatic carbocycles. The molecule has 0 bridgehead atoms. The predicted octanol–water partition coefficient (Wildman–Crippen LogP) is 2.23. The van der Waals surface area contributed by atoms with Crippen molar-refractivity contribution in [1.82, 2.24) is 4.98 Å². The van der Waals surface area contributed by atoms with Gasteiger partial charge >= 0.3 is 0 Å². The van der Waals surface area contributed by atoms with Crippen LogP contribution in [0.25, 0.3) is 10.9 Å². The molecule has 3 nitrogen and oxygen atoms in total. The highest BCUT2D eigenvalue weighted by atomic mass is 79.9. The fourth-order valence-corrected chi connectivity index (χ4v) is 2.46. The summed E-state index contributed by atoms with van der Waals surface area (Å²) in [6.07, 6.45) is 0.753. The SMILES string of the molecule is O=c1[nH]c2ccccc2c2c1CC(CBr)O2. The number of nitrogens with one attached hydrogen (secondary N) is 1. The Morgan fingerprint density at radius 1 is 1.44 bits per heavy atom. The van der Waals surface area contributed by atoms with E-state index in [1.54, 1.807) is 0 Å². The summed E-state index contributed by atoms with van der Waals surface area (Å²) >= 11 is 3.39. The summed E-state index contributed by atoms with van der Waals surface area (Å²) in [4.78, 5) is 14.7. The summed E-state index contributed by atoms with van der Waals surface area (Å²) in [5.41, 5.74) is 1.57. The lowest BCUT2D eigenvalue weighted by molar-refractivity contribution is 0.263. The van der Waals surface area contributed by atoms with Crippen molar-refractivity contribution in [2.75, 3.05) is 5.33 Å². The number of alkyl halides is 1. The molecule has 1 aromatic heterocycles. The first-order valence-corrected chi connectivity index (χ1v) is 6.28. The van der Waals surface area contributed by atoms with Gasteiger partial charge in [-0.2, -0.15) is 0 Å². The summed E-state index contributed by atoms with van der Waals surface area (Å²) in [5.74, 6) is 0.754. The largest absolute Gasteiger partial charge is 0.488 e. The van der Waals surface area contributed by atoms with Gasteiger partial charge in [0, 0.05) is 17.1 Å². The van der Waals surface area contributed by atoms with Gasteiger partial charge in [0.25, 0.3) is 5.56 Å². The Kier molecular flexibility index (Phi) is 2.24. The van der Waals surface area contributed by atoms with Crippen molar-refractivity contribution in [2.24, 2.45) is 0 Å². The molecule has 16 heavy (non-hydrogen) atoms. The molecule has 0 radical (unpaired) electrons. The maximum atomic E-state index is 11.8. The smallest absolute Gasteiger partial charge is 0.255 e. The number of para-hydroxylation sites is 1. The zero-order valence-corrected chi connectivity index (χ0v) is 10.1. The molecular formula is C12H10BrNO2. The Morgan fingerprint density at radius 3 is 3.06 bits per heavy atom. The summed E-state index contributed by atoms with van der Waals surface area (Å²) in [7, 11) is 0. The van der Waals surface area contributed by atoms with E-state index in [2.05, 4.69) is 20.9 Å². The Balaban J connectivity index is 2.31. The standard InChI is InChI=1S/C12H10BrNO2/c13-6-7-5-9-11(16-7)8-3-1-2-4-10(8)14-12(9)15/h1-4,7H,5-6H2,(H,14,15). The topological polar surface area (TPSA) is 42.1 Å². The number of hydrogen-bond donors (Lipinski definition) is 1. The average Bonchev–Trinajstić information content (AvgIpc) is 2.74. The van der Waals surface area contributed by atoms with Crippen LogP contribution >= 0.6 is 15.9 Å². The van der Waals surface area contributed by atoms with E-state index in [1.807, 2.05) is 24.3 Å². The van der Waals surface area contributed by atoms with Crippen molar-refractivity contribution < 1.29 is 4.74 Å². The molecule has 0 saturated carbocycles. The molecule has 1 N–H and O–H groups in total. The fourth-order valence-electron chi connectivity index (χ4n) is 2.10. The van der Waals surface area contributed by atoms with E-state index in [9.17, 15) is 4.79 Å². The van der Waals surface area contributed by atoms with Crippen LogP contribution < -0.4 is 10.3 Å². The monoisotopic (exact) mass is 279 g/mol. The van der Waals surface area contributed by atoms with Gasteiger partial charge in [-0.1, -0.05) is 28.1 Å². The molecule has 3 rings (SSSR count). The lowest BCUT2D eigenvalue weighted by atomic mass is 10.1. The number of H-pyrrole nitrogens is 1. The Bertz CT molecular complexity index is 605. The highest BCUT2D eigenvalue weighted by Crippen LogP contribution is 2.33. The number of hydrogen-bond acceptors (Lipinski definition) is 2. The second-order valence-electron chi connectivity index (χ2n) is 3.91. The van der Waals surface area contributed by atoms with Crippen LogP contribution in [0.15, 0.2) is 29.1 Å². The van der Waals surface area contributed by atoms with Crippen LogP contribution in [0.1, 0.15) is 5.56 Å².